The minimum Gasteiger partial charge on any atom is -0.368 e. The molecule has 3 amide bonds. The molecule has 0 atom stereocenters. The fourth-order valence-corrected chi connectivity index (χ4v) is 3.84. The highest BCUT2D eigenvalue weighted by molar-refractivity contribution is 7.13. The van der Waals surface area contributed by atoms with Crippen LogP contribution in [0, 0.1) is 12.7 Å². The second kappa shape index (κ2) is 9.94. The highest BCUT2D eigenvalue weighted by Gasteiger charge is 2.15. The summed E-state index contributed by atoms with van der Waals surface area (Å²) in [5.41, 5.74) is 7.76. The number of primary amides is 1. The second-order valence-electron chi connectivity index (χ2n) is 6.85. The average molecular weight is 441 g/mol. The van der Waals surface area contributed by atoms with Crippen LogP contribution < -0.4 is 16.4 Å². The first-order valence-electron chi connectivity index (χ1n) is 9.46. The minimum absolute atomic E-state index is 0.228. The smallest absolute Gasteiger partial charge is 0.263 e. The number of benzene rings is 2. The van der Waals surface area contributed by atoms with Gasteiger partial charge in [0.25, 0.3) is 11.8 Å². The maximum atomic E-state index is 13.0. The molecule has 0 bridgehead atoms. The van der Waals surface area contributed by atoms with Crippen LogP contribution in [0.5, 0.6) is 0 Å². The maximum Gasteiger partial charge on any atom is 0.263 e. The number of aromatic nitrogens is 1. The molecule has 0 saturated heterocycles. The lowest BCUT2D eigenvalue weighted by molar-refractivity contribution is -0.117. The van der Waals surface area contributed by atoms with E-state index >= 15 is 0 Å². The zero-order chi connectivity index (χ0) is 22.4. The molecule has 3 rings (SSSR count). The molecule has 1 heterocycles. The van der Waals surface area contributed by atoms with E-state index in [9.17, 15) is 18.8 Å². The molecule has 0 radical (unpaired) electrons. The monoisotopic (exact) mass is 440 g/mol. The van der Waals surface area contributed by atoms with Gasteiger partial charge in [-0.3, -0.25) is 14.4 Å². The van der Waals surface area contributed by atoms with Gasteiger partial charge in [-0.1, -0.05) is 24.3 Å². The third-order valence-corrected chi connectivity index (χ3v) is 5.56. The van der Waals surface area contributed by atoms with Gasteiger partial charge in [-0.05, 0) is 42.3 Å². The van der Waals surface area contributed by atoms with Crippen LogP contribution in [0.2, 0.25) is 0 Å². The van der Waals surface area contributed by atoms with Crippen molar-refractivity contribution in [2.45, 2.75) is 19.9 Å². The van der Waals surface area contributed by atoms with E-state index < -0.39 is 11.8 Å². The minimum atomic E-state index is -0.619. The van der Waals surface area contributed by atoms with Crippen LogP contribution >= 0.6 is 11.3 Å². The lowest BCUT2D eigenvalue weighted by atomic mass is 10.1. The summed E-state index contributed by atoms with van der Waals surface area (Å²) in [6.07, 6.45) is 0.526. The van der Waals surface area contributed by atoms with Gasteiger partial charge in [0.2, 0.25) is 5.91 Å². The molecule has 9 heteroatoms. The Morgan fingerprint density at radius 1 is 0.968 bits per heavy atom. The zero-order valence-electron chi connectivity index (χ0n) is 16.8. The number of thiazole rings is 1. The quantitative estimate of drug-likeness (QED) is 0.499. The first kappa shape index (κ1) is 22.1. The first-order chi connectivity index (χ1) is 14.8. The Bertz CT molecular complexity index is 1090. The lowest BCUT2D eigenvalue weighted by Crippen LogP contribution is -2.33. The summed E-state index contributed by atoms with van der Waals surface area (Å²) in [7, 11) is 0. The van der Waals surface area contributed by atoms with Crippen molar-refractivity contribution in [1.82, 2.24) is 15.6 Å². The molecular formula is C22H21FN4O3S. The predicted molar refractivity (Wildman–Crippen MR) is 115 cm³/mol. The van der Waals surface area contributed by atoms with Gasteiger partial charge < -0.3 is 16.4 Å². The molecular weight excluding hydrogens is 419 g/mol. The maximum absolute atomic E-state index is 13.0. The van der Waals surface area contributed by atoms with Gasteiger partial charge in [0.15, 0.2) is 0 Å². The average Bonchev–Trinajstić information content (AvgIpc) is 3.12. The van der Waals surface area contributed by atoms with Crippen molar-refractivity contribution < 1.29 is 18.8 Å². The van der Waals surface area contributed by atoms with Crippen molar-refractivity contribution in [3.63, 3.8) is 0 Å². The zero-order valence-corrected chi connectivity index (χ0v) is 17.6. The molecule has 1 aromatic heterocycles. The van der Waals surface area contributed by atoms with E-state index in [1.807, 2.05) is 0 Å². The van der Waals surface area contributed by atoms with E-state index in [-0.39, 0.29) is 24.8 Å². The van der Waals surface area contributed by atoms with Crippen molar-refractivity contribution in [2.75, 3.05) is 6.54 Å². The number of nitrogens with two attached hydrogens (primary N) is 1. The fourth-order valence-electron chi connectivity index (χ4n) is 2.82. The number of carbonyl (C=O) groups is 3. The fraction of sp³-hybridized carbons (Fsp3) is 0.182. The Morgan fingerprint density at radius 2 is 1.61 bits per heavy atom. The number of carbonyl (C=O) groups excluding carboxylic acids is 3. The molecule has 4 N–H and O–H groups in total. The Labute approximate surface area is 182 Å². The van der Waals surface area contributed by atoms with E-state index in [4.69, 9.17) is 5.73 Å². The number of rotatable bonds is 8. The molecule has 3 aromatic rings. The molecule has 0 spiro atoms. The van der Waals surface area contributed by atoms with Crippen molar-refractivity contribution in [3.05, 3.63) is 86.6 Å². The van der Waals surface area contributed by atoms with Gasteiger partial charge in [-0.25, -0.2) is 9.37 Å². The third kappa shape index (κ3) is 6.19. The van der Waals surface area contributed by atoms with E-state index in [1.54, 1.807) is 43.3 Å². The molecule has 0 fully saturated rings. The molecule has 0 aliphatic heterocycles. The van der Waals surface area contributed by atoms with Gasteiger partial charge >= 0.3 is 0 Å². The van der Waals surface area contributed by atoms with Crippen molar-refractivity contribution >= 4 is 29.1 Å². The van der Waals surface area contributed by atoms with Gasteiger partial charge in [-0.2, -0.15) is 0 Å². The Morgan fingerprint density at radius 3 is 2.26 bits per heavy atom. The first-order valence-corrected chi connectivity index (χ1v) is 10.3. The van der Waals surface area contributed by atoms with Crippen molar-refractivity contribution in [3.8, 4) is 0 Å². The summed E-state index contributed by atoms with van der Waals surface area (Å²) in [5, 5.41) is 6.04. The number of nitrogens with one attached hydrogen (secondary N) is 2. The van der Waals surface area contributed by atoms with E-state index in [2.05, 4.69) is 15.6 Å². The van der Waals surface area contributed by atoms with E-state index in [0.29, 0.717) is 22.6 Å². The molecule has 2 aromatic carbocycles. The summed E-state index contributed by atoms with van der Waals surface area (Å²) in [4.78, 5) is 40.2. The van der Waals surface area contributed by atoms with Gasteiger partial charge in [0.05, 0.1) is 17.2 Å². The summed E-state index contributed by atoms with van der Waals surface area (Å²) in [6.45, 7) is 1.83. The van der Waals surface area contributed by atoms with Crippen LogP contribution in [0.3, 0.4) is 0 Å². The summed E-state index contributed by atoms with van der Waals surface area (Å²) < 4.78 is 13.0. The van der Waals surface area contributed by atoms with Crippen LogP contribution in [0.25, 0.3) is 0 Å². The van der Waals surface area contributed by atoms with Gasteiger partial charge in [-0.15, -0.1) is 11.3 Å². The highest BCUT2D eigenvalue weighted by Crippen LogP contribution is 2.21. The summed E-state index contributed by atoms with van der Waals surface area (Å²) in [5.74, 6) is -1.54. The molecule has 160 valence electrons. The lowest BCUT2D eigenvalue weighted by Gasteiger charge is -2.06. The SMILES string of the molecule is Cc1nc(Cc2ccc(F)cc2)sc1C(=O)NCc1ccc(C(=O)NCC(N)=O)cc1. The van der Waals surface area contributed by atoms with Crippen LogP contribution in [0.1, 0.15) is 41.9 Å². The highest BCUT2D eigenvalue weighted by atomic mass is 32.1. The number of hydrogen-bond donors (Lipinski definition) is 3. The molecule has 0 aliphatic rings. The number of hydrogen-bond acceptors (Lipinski definition) is 5. The molecule has 31 heavy (non-hydrogen) atoms. The molecule has 0 aliphatic carbocycles. The van der Waals surface area contributed by atoms with Crippen molar-refractivity contribution in [2.24, 2.45) is 5.73 Å². The third-order valence-electron chi connectivity index (χ3n) is 4.41. The Hall–Kier alpha value is -3.59. The van der Waals surface area contributed by atoms with E-state index in [1.165, 1.54) is 23.5 Å². The van der Waals surface area contributed by atoms with Crippen LogP contribution in [0.4, 0.5) is 4.39 Å². The molecule has 0 saturated carbocycles. The second-order valence-corrected chi connectivity index (χ2v) is 7.94. The summed E-state index contributed by atoms with van der Waals surface area (Å²) in [6, 6.07) is 12.9. The van der Waals surface area contributed by atoms with Gasteiger partial charge in [0, 0.05) is 18.5 Å². The Kier molecular flexibility index (Phi) is 7.09. The van der Waals surface area contributed by atoms with Crippen LogP contribution in [0.15, 0.2) is 48.5 Å². The number of amides is 3. The van der Waals surface area contributed by atoms with Crippen molar-refractivity contribution in [1.29, 1.82) is 0 Å². The van der Waals surface area contributed by atoms with E-state index in [0.717, 1.165) is 16.1 Å². The molecule has 7 nitrogen and oxygen atoms in total. The predicted octanol–water partition coefficient (Wildman–Crippen LogP) is 2.33. The largest absolute Gasteiger partial charge is 0.368 e. The standard InChI is InChI=1S/C22H21FN4O3S/c1-13-20(31-19(27-13)10-14-4-8-17(23)9-5-14)22(30)25-11-15-2-6-16(7-3-15)21(29)26-12-18(24)28/h2-9H,10-12H2,1H3,(H2,24,28)(H,25,30)(H,26,29). The summed E-state index contributed by atoms with van der Waals surface area (Å²) >= 11 is 1.31. The number of aryl methyl sites for hydroxylation is 1. The van der Waals surface area contributed by atoms with Crippen LogP contribution in [-0.2, 0) is 17.8 Å². The number of halogens is 1. The van der Waals surface area contributed by atoms with Crippen LogP contribution in [-0.4, -0.2) is 29.3 Å². The number of nitrogens with zero attached hydrogens (tertiary/aromatic N) is 1. The molecule has 0 unspecified atom stereocenters. The Balaban J connectivity index is 1.57. The normalized spacial score (nSPS) is 10.5. The van der Waals surface area contributed by atoms with Gasteiger partial charge in [0.1, 0.15) is 10.7 Å². The topological polar surface area (TPSA) is 114 Å².